The maximum absolute atomic E-state index is 12.2. The van der Waals surface area contributed by atoms with Crippen LogP contribution < -0.4 is 5.32 Å². The monoisotopic (exact) mass is 363 g/mol. The lowest BCUT2D eigenvalue weighted by Gasteiger charge is -2.00. The van der Waals surface area contributed by atoms with Gasteiger partial charge >= 0.3 is 5.97 Å². The number of aromatic carboxylic acids is 1. The van der Waals surface area contributed by atoms with Gasteiger partial charge in [-0.15, -0.1) is 0 Å². The number of rotatable bonds is 5. The molecule has 0 radical (unpaired) electrons. The maximum atomic E-state index is 12.2. The summed E-state index contributed by atoms with van der Waals surface area (Å²) in [6.45, 7) is 1.67. The molecule has 0 unspecified atom stereocenters. The lowest BCUT2D eigenvalue weighted by atomic mass is 10.1. The number of nitriles is 1. The Morgan fingerprint density at radius 3 is 2.74 bits per heavy atom. The molecule has 0 aliphatic heterocycles. The van der Waals surface area contributed by atoms with E-state index in [1.54, 1.807) is 37.3 Å². The average Bonchev–Trinajstić information content (AvgIpc) is 3.28. The molecule has 3 aromatic rings. The lowest BCUT2D eigenvalue weighted by Crippen LogP contribution is -2.13. The number of amides is 1. The quantitative estimate of drug-likeness (QED) is 0.524. The second-order valence-corrected chi connectivity index (χ2v) is 5.53. The van der Waals surface area contributed by atoms with Crippen molar-refractivity contribution in [1.29, 1.82) is 5.26 Å². The van der Waals surface area contributed by atoms with Crippen molar-refractivity contribution in [3.8, 4) is 17.4 Å². The van der Waals surface area contributed by atoms with Crippen LogP contribution in [0, 0.1) is 18.3 Å². The molecule has 8 nitrogen and oxygen atoms in total. The number of carbonyl (C=O) groups is 2. The molecule has 0 fully saturated rings. The molecule has 0 saturated carbocycles. The van der Waals surface area contributed by atoms with Gasteiger partial charge in [0.25, 0.3) is 5.91 Å². The lowest BCUT2D eigenvalue weighted by molar-refractivity contribution is -0.112. The Labute approximate surface area is 153 Å². The second kappa shape index (κ2) is 7.41. The van der Waals surface area contributed by atoms with Gasteiger partial charge in [-0.1, -0.05) is 17.3 Å². The molecular formula is C19H13N3O5. The van der Waals surface area contributed by atoms with Crippen molar-refractivity contribution in [2.45, 2.75) is 6.92 Å². The summed E-state index contributed by atoms with van der Waals surface area (Å²) in [4.78, 5) is 23.2. The van der Waals surface area contributed by atoms with Gasteiger partial charge in [-0.25, -0.2) is 4.79 Å². The molecule has 0 saturated heterocycles. The molecule has 2 aromatic heterocycles. The molecule has 3 rings (SSSR count). The van der Waals surface area contributed by atoms with Crippen LogP contribution in [-0.4, -0.2) is 22.1 Å². The van der Waals surface area contributed by atoms with Crippen molar-refractivity contribution in [2.75, 3.05) is 5.32 Å². The highest BCUT2D eigenvalue weighted by Gasteiger charge is 2.14. The summed E-state index contributed by atoms with van der Waals surface area (Å²) in [6, 6.07) is 12.8. The zero-order chi connectivity index (χ0) is 19.4. The van der Waals surface area contributed by atoms with Crippen molar-refractivity contribution >= 4 is 23.8 Å². The molecule has 27 heavy (non-hydrogen) atoms. The molecule has 8 heteroatoms. The molecule has 0 aliphatic carbocycles. The van der Waals surface area contributed by atoms with Crippen LogP contribution in [0.4, 0.5) is 5.82 Å². The van der Waals surface area contributed by atoms with Crippen molar-refractivity contribution in [3.05, 3.63) is 65.1 Å². The van der Waals surface area contributed by atoms with Gasteiger partial charge in [0.2, 0.25) is 0 Å². The summed E-state index contributed by atoms with van der Waals surface area (Å²) < 4.78 is 10.5. The Bertz CT molecular complexity index is 1080. The van der Waals surface area contributed by atoms with Crippen LogP contribution in [0.3, 0.4) is 0 Å². The number of hydrogen-bond acceptors (Lipinski definition) is 6. The topological polar surface area (TPSA) is 129 Å². The molecule has 134 valence electrons. The van der Waals surface area contributed by atoms with Crippen LogP contribution in [0.1, 0.15) is 21.9 Å². The molecule has 0 atom stereocenters. The standard InChI is InChI=1S/C19H13N3O5/c1-11-7-17(22-27-11)21-18(23)14(10-20)9-15-5-6-16(26-15)12-3-2-4-13(8-12)19(24)25/h2-9H,1H3,(H,24,25)(H,21,22,23)/b14-9-. The van der Waals surface area contributed by atoms with E-state index in [0.717, 1.165) is 0 Å². The van der Waals surface area contributed by atoms with Gasteiger partial charge in [0.15, 0.2) is 5.82 Å². The molecule has 2 N–H and O–H groups in total. The van der Waals surface area contributed by atoms with Gasteiger partial charge in [-0.3, -0.25) is 4.79 Å². The largest absolute Gasteiger partial charge is 0.478 e. The Hall–Kier alpha value is -4.12. The fraction of sp³-hybridized carbons (Fsp3) is 0.0526. The van der Waals surface area contributed by atoms with Crippen molar-refractivity contribution < 1.29 is 23.6 Å². The Balaban J connectivity index is 1.82. The third kappa shape index (κ3) is 4.11. The number of carbonyl (C=O) groups excluding carboxylic acids is 1. The van der Waals surface area contributed by atoms with Crippen LogP contribution in [0.15, 0.2) is 57.0 Å². The SMILES string of the molecule is Cc1cc(NC(=O)/C(C#N)=C\c2ccc(-c3cccc(C(=O)O)c3)o2)no1. The maximum Gasteiger partial charge on any atom is 0.335 e. The van der Waals surface area contributed by atoms with E-state index in [1.807, 2.05) is 0 Å². The number of nitrogens with one attached hydrogen (secondary N) is 1. The molecule has 2 heterocycles. The van der Waals surface area contributed by atoms with E-state index in [9.17, 15) is 14.9 Å². The number of anilines is 1. The van der Waals surface area contributed by atoms with Crippen LogP contribution in [0.5, 0.6) is 0 Å². The number of furan rings is 1. The van der Waals surface area contributed by atoms with E-state index in [0.29, 0.717) is 17.1 Å². The first-order chi connectivity index (χ1) is 13.0. The van der Waals surface area contributed by atoms with Crippen LogP contribution in [-0.2, 0) is 4.79 Å². The number of nitrogens with zero attached hydrogens (tertiary/aromatic N) is 2. The van der Waals surface area contributed by atoms with Crippen LogP contribution in [0.25, 0.3) is 17.4 Å². The number of benzene rings is 1. The van der Waals surface area contributed by atoms with Gasteiger partial charge in [0.05, 0.1) is 5.56 Å². The summed E-state index contributed by atoms with van der Waals surface area (Å²) in [7, 11) is 0. The van der Waals surface area contributed by atoms with E-state index in [-0.39, 0.29) is 22.7 Å². The minimum atomic E-state index is -1.05. The van der Waals surface area contributed by atoms with E-state index in [1.165, 1.54) is 24.3 Å². The molecule has 1 aromatic carbocycles. The van der Waals surface area contributed by atoms with Gasteiger partial charge in [-0.2, -0.15) is 5.26 Å². The highest BCUT2D eigenvalue weighted by molar-refractivity contribution is 6.09. The summed E-state index contributed by atoms with van der Waals surface area (Å²) in [6.07, 6.45) is 1.28. The zero-order valence-corrected chi connectivity index (χ0v) is 14.1. The second-order valence-electron chi connectivity index (χ2n) is 5.53. The number of carboxylic acids is 1. The van der Waals surface area contributed by atoms with Crippen molar-refractivity contribution in [3.63, 3.8) is 0 Å². The van der Waals surface area contributed by atoms with E-state index in [4.69, 9.17) is 14.0 Å². The highest BCUT2D eigenvalue weighted by Crippen LogP contribution is 2.24. The van der Waals surface area contributed by atoms with Crippen LogP contribution >= 0.6 is 0 Å². The Kier molecular flexibility index (Phi) is 4.86. The fourth-order valence-electron chi connectivity index (χ4n) is 2.29. The predicted octanol–water partition coefficient (Wildman–Crippen LogP) is 3.49. The van der Waals surface area contributed by atoms with Gasteiger partial charge < -0.3 is 19.4 Å². The number of aryl methyl sites for hydroxylation is 1. The van der Waals surface area contributed by atoms with Gasteiger partial charge in [-0.05, 0) is 31.2 Å². The van der Waals surface area contributed by atoms with Crippen molar-refractivity contribution in [1.82, 2.24) is 5.16 Å². The first-order valence-corrected chi connectivity index (χ1v) is 7.76. The molecular weight excluding hydrogens is 350 g/mol. The minimum Gasteiger partial charge on any atom is -0.478 e. The fourth-order valence-corrected chi connectivity index (χ4v) is 2.29. The summed E-state index contributed by atoms with van der Waals surface area (Å²) in [5.74, 6) is -0.300. The van der Waals surface area contributed by atoms with E-state index >= 15 is 0 Å². The Morgan fingerprint density at radius 1 is 1.26 bits per heavy atom. The first-order valence-electron chi connectivity index (χ1n) is 7.76. The van der Waals surface area contributed by atoms with Gasteiger partial charge in [0.1, 0.15) is 28.9 Å². The first kappa shape index (κ1) is 17.7. The number of hydrogen-bond donors (Lipinski definition) is 2. The summed E-state index contributed by atoms with van der Waals surface area (Å²) >= 11 is 0. The average molecular weight is 363 g/mol. The smallest absolute Gasteiger partial charge is 0.335 e. The molecule has 0 spiro atoms. The zero-order valence-electron chi connectivity index (χ0n) is 14.1. The molecule has 0 bridgehead atoms. The number of aromatic nitrogens is 1. The van der Waals surface area contributed by atoms with Crippen molar-refractivity contribution in [2.24, 2.45) is 0 Å². The third-order valence-electron chi connectivity index (χ3n) is 3.54. The summed E-state index contributed by atoms with van der Waals surface area (Å²) in [5, 5.41) is 24.4. The minimum absolute atomic E-state index is 0.126. The van der Waals surface area contributed by atoms with E-state index < -0.39 is 11.9 Å². The molecule has 1 amide bonds. The molecule has 0 aliphatic rings. The van der Waals surface area contributed by atoms with Crippen LogP contribution in [0.2, 0.25) is 0 Å². The highest BCUT2D eigenvalue weighted by atomic mass is 16.5. The summed E-state index contributed by atoms with van der Waals surface area (Å²) in [5.41, 5.74) is 0.507. The van der Waals surface area contributed by atoms with Gasteiger partial charge in [0, 0.05) is 17.7 Å². The third-order valence-corrected chi connectivity index (χ3v) is 3.54. The predicted molar refractivity (Wildman–Crippen MR) is 94.6 cm³/mol. The van der Waals surface area contributed by atoms with E-state index in [2.05, 4.69) is 10.5 Å². The Morgan fingerprint density at radius 2 is 2.07 bits per heavy atom. The number of carboxylic acid groups (broad SMARTS) is 1. The normalized spacial score (nSPS) is 11.0.